The monoisotopic (exact) mass is 368 g/mol. The molecule has 0 spiro atoms. The predicted molar refractivity (Wildman–Crippen MR) is 102 cm³/mol. The maximum Gasteiger partial charge on any atom is 0.212 e. The summed E-state index contributed by atoms with van der Waals surface area (Å²) in [6, 6.07) is 4.26. The minimum absolute atomic E-state index is 0.0857. The molecule has 0 saturated carbocycles. The van der Waals surface area contributed by atoms with Gasteiger partial charge in [0.2, 0.25) is 4.96 Å². The Balaban J connectivity index is 1.53. The lowest BCUT2D eigenvalue weighted by Gasteiger charge is -2.26. The Bertz CT molecular complexity index is 1080. The predicted octanol–water partition coefficient (Wildman–Crippen LogP) is 2.09. The van der Waals surface area contributed by atoms with E-state index in [2.05, 4.69) is 29.5 Å². The van der Waals surface area contributed by atoms with Gasteiger partial charge < -0.3 is 10.4 Å². The van der Waals surface area contributed by atoms with Gasteiger partial charge in [-0.15, -0.1) is 0 Å². The van der Waals surface area contributed by atoms with Crippen LogP contribution in [-0.4, -0.2) is 48.7 Å². The maximum absolute atomic E-state index is 10.2. The molecular formula is C18H20N6OS. The zero-order chi connectivity index (χ0) is 17.8. The number of hydrogen-bond donors (Lipinski definition) is 2. The number of aromatic nitrogens is 5. The van der Waals surface area contributed by atoms with E-state index in [9.17, 15) is 5.11 Å². The van der Waals surface area contributed by atoms with Crippen LogP contribution in [0.5, 0.6) is 0 Å². The molecule has 134 valence electrons. The number of nitrogens with one attached hydrogen (secondary N) is 1. The first-order chi connectivity index (χ1) is 12.6. The lowest BCUT2D eigenvalue weighted by atomic mass is 9.92. The molecule has 3 aromatic heterocycles. The van der Waals surface area contributed by atoms with Crippen molar-refractivity contribution in [3.05, 3.63) is 35.8 Å². The zero-order valence-electron chi connectivity index (χ0n) is 14.7. The Labute approximate surface area is 154 Å². The van der Waals surface area contributed by atoms with Crippen LogP contribution in [0.25, 0.3) is 26.4 Å². The Hall–Kier alpha value is -2.29. The second-order valence-electron chi connectivity index (χ2n) is 7.00. The molecule has 4 aromatic rings. The summed E-state index contributed by atoms with van der Waals surface area (Å²) in [6.45, 7) is 3.61. The molecule has 0 amide bonds. The number of aliphatic hydroxyl groups is 1. The standard InChI is InChI=1S/C18H20N6OS/c1-10-5-11(6-12-8-23(2)21-16(10)12)17-22-24-9-14(20-18(24)26-17)13-3-4-19-7-15(13)25/h5-6,8-9,13,15,19,25H,3-4,7H2,1-2H3/t13-,15-/m1/s1. The molecule has 0 aliphatic carbocycles. The molecular weight excluding hydrogens is 348 g/mol. The molecule has 5 rings (SSSR count). The van der Waals surface area contributed by atoms with Gasteiger partial charge in [-0.3, -0.25) is 4.68 Å². The number of benzene rings is 1. The van der Waals surface area contributed by atoms with Gasteiger partial charge in [0.1, 0.15) is 5.01 Å². The van der Waals surface area contributed by atoms with Crippen molar-refractivity contribution in [2.24, 2.45) is 7.05 Å². The van der Waals surface area contributed by atoms with Crippen LogP contribution in [-0.2, 0) is 7.05 Å². The lowest BCUT2D eigenvalue weighted by molar-refractivity contribution is 0.117. The van der Waals surface area contributed by atoms with Crippen molar-refractivity contribution in [1.82, 2.24) is 29.7 Å². The van der Waals surface area contributed by atoms with Gasteiger partial charge in [-0.1, -0.05) is 11.3 Å². The number of piperidine rings is 1. The average Bonchev–Trinajstić information content (AvgIpc) is 3.27. The molecule has 1 saturated heterocycles. The van der Waals surface area contributed by atoms with Crippen molar-refractivity contribution in [3.8, 4) is 10.6 Å². The molecule has 7 nitrogen and oxygen atoms in total. The minimum Gasteiger partial charge on any atom is -0.391 e. The molecule has 2 N–H and O–H groups in total. The normalized spacial score (nSPS) is 21.0. The van der Waals surface area contributed by atoms with Gasteiger partial charge in [-0.2, -0.15) is 10.2 Å². The largest absolute Gasteiger partial charge is 0.391 e. The number of rotatable bonds is 2. The summed E-state index contributed by atoms with van der Waals surface area (Å²) >= 11 is 1.58. The second-order valence-corrected chi connectivity index (χ2v) is 7.96. The van der Waals surface area contributed by atoms with Gasteiger partial charge >= 0.3 is 0 Å². The Morgan fingerprint density at radius 1 is 1.27 bits per heavy atom. The first-order valence-corrected chi connectivity index (χ1v) is 9.59. The molecule has 1 aliphatic heterocycles. The van der Waals surface area contributed by atoms with E-state index < -0.39 is 0 Å². The van der Waals surface area contributed by atoms with E-state index in [0.29, 0.717) is 6.54 Å². The number of aryl methyl sites for hydroxylation is 2. The van der Waals surface area contributed by atoms with E-state index in [-0.39, 0.29) is 12.0 Å². The highest BCUT2D eigenvalue weighted by Crippen LogP contribution is 2.32. The summed E-state index contributed by atoms with van der Waals surface area (Å²) in [4.78, 5) is 5.60. The fourth-order valence-electron chi connectivity index (χ4n) is 3.75. The summed E-state index contributed by atoms with van der Waals surface area (Å²) in [5.74, 6) is 0.0857. The van der Waals surface area contributed by atoms with Gasteiger partial charge in [0.05, 0.1) is 23.5 Å². The number of hydrogen-bond acceptors (Lipinski definition) is 6. The molecule has 0 unspecified atom stereocenters. The zero-order valence-corrected chi connectivity index (χ0v) is 15.5. The minimum atomic E-state index is -0.386. The number of nitrogens with zero attached hydrogens (tertiary/aromatic N) is 5. The summed E-state index contributed by atoms with van der Waals surface area (Å²) < 4.78 is 3.68. The maximum atomic E-state index is 10.2. The van der Waals surface area contributed by atoms with Gasteiger partial charge in [0.15, 0.2) is 0 Å². The summed E-state index contributed by atoms with van der Waals surface area (Å²) in [5, 5.41) is 24.7. The van der Waals surface area contributed by atoms with E-state index in [1.165, 1.54) is 0 Å². The third-order valence-corrected chi connectivity index (χ3v) is 6.02. The number of imidazole rings is 1. The van der Waals surface area contributed by atoms with Crippen molar-refractivity contribution in [1.29, 1.82) is 0 Å². The van der Waals surface area contributed by atoms with Crippen molar-refractivity contribution < 1.29 is 5.11 Å². The quantitative estimate of drug-likeness (QED) is 0.566. The van der Waals surface area contributed by atoms with Crippen molar-refractivity contribution in [2.75, 3.05) is 13.1 Å². The Morgan fingerprint density at radius 2 is 2.15 bits per heavy atom. The van der Waals surface area contributed by atoms with Crippen LogP contribution < -0.4 is 5.32 Å². The summed E-state index contributed by atoms with van der Waals surface area (Å²) in [6.07, 6.45) is 4.50. The number of β-amino-alcohol motifs (C(OH)–C–C–N with tert-alkyl or cyclic N) is 1. The lowest BCUT2D eigenvalue weighted by Crippen LogP contribution is -2.39. The van der Waals surface area contributed by atoms with Crippen LogP contribution in [0.2, 0.25) is 0 Å². The van der Waals surface area contributed by atoms with Gasteiger partial charge in [-0.05, 0) is 37.6 Å². The molecule has 2 atom stereocenters. The first kappa shape index (κ1) is 15.9. The van der Waals surface area contributed by atoms with Crippen LogP contribution in [0.1, 0.15) is 23.6 Å². The molecule has 1 fully saturated rings. The van der Waals surface area contributed by atoms with E-state index >= 15 is 0 Å². The van der Waals surface area contributed by atoms with Crippen LogP contribution in [0.15, 0.2) is 24.5 Å². The Morgan fingerprint density at radius 3 is 2.96 bits per heavy atom. The van der Waals surface area contributed by atoms with Crippen LogP contribution in [0, 0.1) is 6.92 Å². The molecule has 4 heterocycles. The molecule has 1 aliphatic rings. The molecule has 26 heavy (non-hydrogen) atoms. The van der Waals surface area contributed by atoms with Gasteiger partial charge in [0.25, 0.3) is 0 Å². The first-order valence-electron chi connectivity index (χ1n) is 8.78. The van der Waals surface area contributed by atoms with E-state index in [4.69, 9.17) is 10.1 Å². The summed E-state index contributed by atoms with van der Waals surface area (Å²) in [5.41, 5.74) is 4.19. The smallest absolute Gasteiger partial charge is 0.212 e. The third-order valence-electron chi connectivity index (χ3n) is 5.05. The second kappa shape index (κ2) is 5.87. The highest BCUT2D eigenvalue weighted by atomic mass is 32.1. The van der Waals surface area contributed by atoms with E-state index in [1.54, 1.807) is 11.3 Å². The number of aliphatic hydroxyl groups excluding tert-OH is 1. The molecule has 0 bridgehead atoms. The third kappa shape index (κ3) is 2.53. The van der Waals surface area contributed by atoms with E-state index in [0.717, 1.165) is 50.7 Å². The van der Waals surface area contributed by atoms with Crippen LogP contribution in [0.3, 0.4) is 0 Å². The van der Waals surface area contributed by atoms with Crippen LogP contribution >= 0.6 is 11.3 Å². The molecule has 8 heteroatoms. The SMILES string of the molecule is Cc1cc(-c2nn3cc([C@H]4CCNC[C@H]4O)nc3s2)cc2cn(C)nc12. The fourth-order valence-corrected chi connectivity index (χ4v) is 4.63. The highest BCUT2D eigenvalue weighted by Gasteiger charge is 2.27. The number of fused-ring (bicyclic) bond motifs is 2. The average molecular weight is 368 g/mol. The van der Waals surface area contributed by atoms with Crippen LogP contribution in [0.4, 0.5) is 0 Å². The van der Waals surface area contributed by atoms with Crippen molar-refractivity contribution in [3.63, 3.8) is 0 Å². The van der Waals surface area contributed by atoms with Crippen molar-refractivity contribution in [2.45, 2.75) is 25.4 Å². The summed E-state index contributed by atoms with van der Waals surface area (Å²) in [7, 11) is 1.94. The molecule has 0 radical (unpaired) electrons. The van der Waals surface area contributed by atoms with E-state index in [1.807, 2.05) is 28.6 Å². The highest BCUT2D eigenvalue weighted by molar-refractivity contribution is 7.19. The van der Waals surface area contributed by atoms with Crippen molar-refractivity contribution >= 4 is 27.2 Å². The fraction of sp³-hybridized carbons (Fsp3) is 0.389. The van der Waals surface area contributed by atoms with Gasteiger partial charge in [-0.25, -0.2) is 9.50 Å². The molecule has 1 aromatic carbocycles. The topological polar surface area (TPSA) is 80.3 Å². The Kier molecular flexibility index (Phi) is 3.59. The van der Waals surface area contributed by atoms with Gasteiger partial charge in [0, 0.05) is 36.7 Å².